The Kier molecular flexibility index (Phi) is 4.42. The molecule has 0 unspecified atom stereocenters. The number of aromatic nitrogens is 4. The van der Waals surface area contributed by atoms with Crippen LogP contribution in [0.25, 0.3) is 27.8 Å². The highest BCUT2D eigenvalue weighted by Gasteiger charge is 2.30. The molecule has 156 valence electrons. The molecule has 0 saturated carbocycles. The number of aryl methyl sites for hydroxylation is 1. The SMILES string of the molecule is Cc1nn(-c2cccc(C(F)(F)F)c2)c(Cl)c1/C=c1\sc2nc3ccccc3n2c1=O. The topological polar surface area (TPSA) is 52.2 Å². The van der Waals surface area contributed by atoms with E-state index >= 15 is 0 Å². The lowest BCUT2D eigenvalue weighted by Crippen LogP contribution is -2.22. The van der Waals surface area contributed by atoms with E-state index in [-0.39, 0.29) is 16.4 Å². The van der Waals surface area contributed by atoms with Crippen molar-refractivity contribution < 1.29 is 13.2 Å². The number of para-hydroxylation sites is 2. The fourth-order valence-electron chi connectivity index (χ4n) is 3.40. The zero-order valence-corrected chi connectivity index (χ0v) is 17.4. The van der Waals surface area contributed by atoms with Gasteiger partial charge < -0.3 is 0 Å². The molecule has 0 bridgehead atoms. The molecule has 0 saturated heterocycles. The maximum Gasteiger partial charge on any atom is 0.416 e. The Morgan fingerprint density at radius 3 is 2.68 bits per heavy atom. The van der Waals surface area contributed by atoms with E-state index in [1.54, 1.807) is 13.0 Å². The molecule has 0 fully saturated rings. The minimum Gasteiger partial charge on any atom is -0.267 e. The zero-order valence-electron chi connectivity index (χ0n) is 15.8. The molecule has 3 aromatic heterocycles. The Morgan fingerprint density at radius 2 is 1.90 bits per heavy atom. The van der Waals surface area contributed by atoms with Gasteiger partial charge in [0.05, 0.1) is 32.5 Å². The van der Waals surface area contributed by atoms with E-state index < -0.39 is 11.7 Å². The number of fused-ring (bicyclic) bond motifs is 3. The molecule has 2 aromatic carbocycles. The fourth-order valence-corrected chi connectivity index (χ4v) is 4.70. The van der Waals surface area contributed by atoms with Gasteiger partial charge in [0.1, 0.15) is 5.15 Å². The average Bonchev–Trinajstić information content (AvgIpc) is 3.34. The Hall–Kier alpha value is -3.17. The van der Waals surface area contributed by atoms with E-state index in [9.17, 15) is 18.0 Å². The van der Waals surface area contributed by atoms with Crippen LogP contribution in [-0.4, -0.2) is 19.2 Å². The van der Waals surface area contributed by atoms with Gasteiger partial charge >= 0.3 is 6.18 Å². The summed E-state index contributed by atoms with van der Waals surface area (Å²) in [4.78, 5) is 18.0. The molecule has 10 heteroatoms. The zero-order chi connectivity index (χ0) is 21.9. The van der Waals surface area contributed by atoms with Crippen molar-refractivity contribution in [1.82, 2.24) is 19.2 Å². The summed E-state index contributed by atoms with van der Waals surface area (Å²) in [6.45, 7) is 1.68. The van der Waals surface area contributed by atoms with Gasteiger partial charge in [0.25, 0.3) is 5.56 Å². The number of hydrogen-bond donors (Lipinski definition) is 0. The Balaban J connectivity index is 1.67. The van der Waals surface area contributed by atoms with Crippen molar-refractivity contribution in [3.05, 3.63) is 85.4 Å². The summed E-state index contributed by atoms with van der Waals surface area (Å²) in [5, 5.41) is 4.40. The second-order valence-corrected chi connectivity index (χ2v) is 8.25. The highest BCUT2D eigenvalue weighted by atomic mass is 35.5. The third kappa shape index (κ3) is 3.21. The molecule has 0 N–H and O–H groups in total. The highest BCUT2D eigenvalue weighted by molar-refractivity contribution is 7.15. The van der Waals surface area contributed by atoms with Crippen molar-refractivity contribution >= 4 is 45.0 Å². The van der Waals surface area contributed by atoms with Crippen LogP contribution in [-0.2, 0) is 6.18 Å². The van der Waals surface area contributed by atoms with E-state index in [1.165, 1.54) is 32.6 Å². The van der Waals surface area contributed by atoms with E-state index in [0.717, 1.165) is 17.6 Å². The first-order valence-corrected chi connectivity index (χ1v) is 10.3. The highest BCUT2D eigenvalue weighted by Crippen LogP contribution is 2.32. The number of nitrogens with zero attached hydrogens (tertiary/aromatic N) is 4. The van der Waals surface area contributed by atoms with Crippen molar-refractivity contribution in [3.8, 4) is 5.69 Å². The van der Waals surface area contributed by atoms with Crippen molar-refractivity contribution in [2.75, 3.05) is 0 Å². The van der Waals surface area contributed by atoms with Gasteiger partial charge in [-0.2, -0.15) is 18.3 Å². The minimum absolute atomic E-state index is 0.118. The standard InChI is InChI=1S/C21H12ClF3N4OS/c1-11-14(18(22)29(27-11)13-6-4-5-12(9-13)21(23,24)25)10-17-19(30)28-16-8-3-2-7-15(16)26-20(28)31-17/h2-10H,1H3/b17-10-. The Labute approximate surface area is 181 Å². The summed E-state index contributed by atoms with van der Waals surface area (Å²) in [7, 11) is 0. The number of thiazole rings is 1. The van der Waals surface area contributed by atoms with Crippen LogP contribution in [0.5, 0.6) is 0 Å². The van der Waals surface area contributed by atoms with E-state index in [4.69, 9.17) is 11.6 Å². The van der Waals surface area contributed by atoms with Crippen LogP contribution in [0, 0.1) is 6.92 Å². The van der Waals surface area contributed by atoms with Crippen LogP contribution in [0.15, 0.2) is 53.3 Å². The molecule has 0 aliphatic heterocycles. The van der Waals surface area contributed by atoms with Crippen LogP contribution in [0.1, 0.15) is 16.8 Å². The van der Waals surface area contributed by atoms with Gasteiger partial charge in [-0.05, 0) is 43.3 Å². The van der Waals surface area contributed by atoms with E-state index in [1.807, 2.05) is 24.3 Å². The van der Waals surface area contributed by atoms with E-state index in [2.05, 4.69) is 10.1 Å². The molecule has 5 rings (SSSR count). The summed E-state index contributed by atoms with van der Waals surface area (Å²) in [5.74, 6) is 0. The average molecular weight is 461 g/mol. The first-order valence-electron chi connectivity index (χ1n) is 9.08. The maximum atomic E-state index is 13.1. The van der Waals surface area contributed by atoms with Gasteiger partial charge in [-0.25, -0.2) is 14.1 Å². The van der Waals surface area contributed by atoms with Gasteiger partial charge in [0, 0.05) is 5.56 Å². The van der Waals surface area contributed by atoms with Gasteiger partial charge in [0.2, 0.25) is 0 Å². The summed E-state index contributed by atoms with van der Waals surface area (Å²) in [6.07, 6.45) is -2.88. The minimum atomic E-state index is -4.48. The van der Waals surface area contributed by atoms with Crippen LogP contribution < -0.4 is 10.1 Å². The molecule has 3 heterocycles. The third-order valence-electron chi connectivity index (χ3n) is 4.89. The van der Waals surface area contributed by atoms with Crippen molar-refractivity contribution in [2.45, 2.75) is 13.1 Å². The number of benzene rings is 2. The fraction of sp³-hybridized carbons (Fsp3) is 0.0952. The Morgan fingerprint density at radius 1 is 1.13 bits per heavy atom. The van der Waals surface area contributed by atoms with Crippen molar-refractivity contribution in [1.29, 1.82) is 0 Å². The molecule has 31 heavy (non-hydrogen) atoms. The van der Waals surface area contributed by atoms with Gasteiger partial charge in [-0.1, -0.05) is 41.1 Å². The monoisotopic (exact) mass is 460 g/mol. The van der Waals surface area contributed by atoms with Gasteiger partial charge in [0.15, 0.2) is 4.96 Å². The number of alkyl halides is 3. The van der Waals surface area contributed by atoms with Gasteiger partial charge in [-0.3, -0.25) is 4.79 Å². The van der Waals surface area contributed by atoms with Crippen molar-refractivity contribution in [3.63, 3.8) is 0 Å². The third-order valence-corrected chi connectivity index (χ3v) is 6.22. The smallest absolute Gasteiger partial charge is 0.267 e. The Bertz CT molecular complexity index is 1580. The summed E-state index contributed by atoms with van der Waals surface area (Å²) < 4.78 is 42.4. The molecule has 0 amide bonds. The van der Waals surface area contributed by atoms with Crippen LogP contribution in [0.3, 0.4) is 0 Å². The number of halogens is 4. The first-order chi connectivity index (χ1) is 14.7. The second kappa shape index (κ2) is 6.93. The predicted molar refractivity (Wildman–Crippen MR) is 114 cm³/mol. The molecular formula is C21H12ClF3N4OS. The lowest BCUT2D eigenvalue weighted by atomic mass is 10.2. The van der Waals surface area contributed by atoms with Gasteiger partial charge in [-0.15, -0.1) is 0 Å². The van der Waals surface area contributed by atoms with Crippen LogP contribution in [0.2, 0.25) is 5.15 Å². The summed E-state index contributed by atoms with van der Waals surface area (Å²) >= 11 is 7.68. The number of rotatable bonds is 2. The quantitative estimate of drug-likeness (QED) is 0.386. The second-order valence-electron chi connectivity index (χ2n) is 6.88. The van der Waals surface area contributed by atoms with Crippen molar-refractivity contribution in [2.24, 2.45) is 0 Å². The maximum absolute atomic E-state index is 13.1. The summed E-state index contributed by atoms with van der Waals surface area (Å²) in [5.41, 5.74) is 1.52. The normalized spacial score (nSPS) is 13.0. The molecule has 5 nitrogen and oxygen atoms in total. The molecule has 5 aromatic rings. The van der Waals surface area contributed by atoms with Crippen LogP contribution in [0.4, 0.5) is 13.2 Å². The summed E-state index contributed by atoms with van der Waals surface area (Å²) in [6, 6.07) is 12.1. The number of hydrogen-bond acceptors (Lipinski definition) is 4. The molecule has 0 radical (unpaired) electrons. The molecule has 0 atom stereocenters. The van der Waals surface area contributed by atoms with Crippen LogP contribution >= 0.6 is 22.9 Å². The first kappa shape index (κ1) is 19.8. The molecule has 0 aliphatic rings. The molecule has 0 spiro atoms. The largest absolute Gasteiger partial charge is 0.416 e. The van der Waals surface area contributed by atoms with E-state index in [0.29, 0.717) is 26.3 Å². The number of imidazole rings is 1. The predicted octanol–water partition coefficient (Wildman–Crippen LogP) is 4.62. The molecular weight excluding hydrogens is 449 g/mol. The lowest BCUT2D eigenvalue weighted by Gasteiger charge is -2.09. The lowest BCUT2D eigenvalue weighted by molar-refractivity contribution is -0.137. The molecule has 0 aliphatic carbocycles.